The first kappa shape index (κ1) is 22.1. The molecular weight excluding hydrogens is 432 g/mol. The first-order valence-corrected chi connectivity index (χ1v) is 11.7. The van der Waals surface area contributed by atoms with E-state index in [1.807, 2.05) is 43.9 Å². The number of imide groups is 1. The maximum Gasteiger partial charge on any atom is 0.322 e. The lowest BCUT2D eigenvalue weighted by Crippen LogP contribution is -2.48. The largest absolute Gasteiger partial charge is 0.440 e. The van der Waals surface area contributed by atoms with Crippen LogP contribution in [0.5, 0.6) is 0 Å². The summed E-state index contributed by atoms with van der Waals surface area (Å²) in [6, 6.07) is 12.4. The van der Waals surface area contributed by atoms with Gasteiger partial charge < -0.3 is 14.6 Å². The molecule has 3 heterocycles. The molecule has 2 saturated heterocycles. The topological polar surface area (TPSA) is 105 Å². The van der Waals surface area contributed by atoms with Gasteiger partial charge in [0.1, 0.15) is 11.1 Å². The number of para-hydroxylation sites is 1. The predicted molar refractivity (Wildman–Crippen MR) is 126 cm³/mol. The Morgan fingerprint density at radius 1 is 1.12 bits per heavy atom. The van der Waals surface area contributed by atoms with E-state index in [-0.39, 0.29) is 23.7 Å². The lowest BCUT2D eigenvalue weighted by Gasteiger charge is -2.32. The molecule has 2 aromatic carbocycles. The fraction of sp³-hybridized carbons (Fsp3) is 0.385. The van der Waals surface area contributed by atoms with Crippen LogP contribution in [0.1, 0.15) is 60.0 Å². The number of nitrogens with zero attached hydrogens (tertiary/aromatic N) is 2. The van der Waals surface area contributed by atoms with Gasteiger partial charge in [-0.3, -0.25) is 14.9 Å². The van der Waals surface area contributed by atoms with Gasteiger partial charge >= 0.3 is 6.03 Å². The number of fused-ring (bicyclic) bond motifs is 1. The van der Waals surface area contributed by atoms with E-state index in [0.717, 1.165) is 35.4 Å². The summed E-state index contributed by atoms with van der Waals surface area (Å²) >= 11 is 0. The summed E-state index contributed by atoms with van der Waals surface area (Å²) in [7, 11) is 0. The van der Waals surface area contributed by atoms with Gasteiger partial charge in [0, 0.05) is 24.6 Å². The zero-order valence-electron chi connectivity index (χ0n) is 19.6. The molecule has 0 unspecified atom stereocenters. The van der Waals surface area contributed by atoms with Crippen molar-refractivity contribution in [2.45, 2.75) is 45.1 Å². The van der Waals surface area contributed by atoms with Gasteiger partial charge in [0.25, 0.3) is 11.8 Å². The number of piperidine rings is 1. The number of rotatable bonds is 4. The quantitative estimate of drug-likeness (QED) is 0.576. The molecule has 2 aliphatic heterocycles. The maximum absolute atomic E-state index is 13.1. The second-order valence-electron chi connectivity index (χ2n) is 9.49. The Labute approximate surface area is 197 Å². The number of likely N-dealkylation sites (tertiary alicyclic amines) is 1. The number of nitrogens with one attached hydrogen (secondary N) is 2. The molecule has 176 valence electrons. The summed E-state index contributed by atoms with van der Waals surface area (Å²) < 4.78 is 6.00. The molecule has 0 aliphatic carbocycles. The van der Waals surface area contributed by atoms with Crippen molar-refractivity contribution < 1.29 is 18.8 Å². The van der Waals surface area contributed by atoms with Crippen molar-refractivity contribution in [3.8, 4) is 0 Å². The summed E-state index contributed by atoms with van der Waals surface area (Å²) in [5.41, 5.74) is 2.89. The molecule has 8 nitrogen and oxygen atoms in total. The van der Waals surface area contributed by atoms with Crippen LogP contribution in [0.15, 0.2) is 46.9 Å². The Kier molecular flexibility index (Phi) is 5.38. The molecule has 0 spiro atoms. The molecule has 1 atom stereocenters. The third kappa shape index (κ3) is 3.54. The lowest BCUT2D eigenvalue weighted by atomic mass is 9.79. The van der Waals surface area contributed by atoms with Crippen molar-refractivity contribution in [3.05, 3.63) is 65.0 Å². The Balaban J connectivity index is 1.28. The minimum Gasteiger partial charge on any atom is -0.440 e. The van der Waals surface area contributed by atoms with E-state index in [4.69, 9.17) is 9.40 Å². The molecule has 5 rings (SSSR count). The second-order valence-corrected chi connectivity index (χ2v) is 9.49. The van der Waals surface area contributed by atoms with Crippen LogP contribution >= 0.6 is 0 Å². The number of amides is 4. The molecule has 8 heteroatoms. The number of carbonyl (C=O) groups excluding carboxylic acids is 3. The summed E-state index contributed by atoms with van der Waals surface area (Å²) in [5, 5.41) is 5.10. The zero-order chi connectivity index (χ0) is 24.0. The number of urea groups is 1. The van der Waals surface area contributed by atoms with Gasteiger partial charge in [-0.05, 0) is 55.0 Å². The van der Waals surface area contributed by atoms with E-state index < -0.39 is 11.6 Å². The van der Waals surface area contributed by atoms with Crippen LogP contribution in [0.3, 0.4) is 0 Å². The van der Waals surface area contributed by atoms with E-state index in [1.54, 1.807) is 24.3 Å². The first-order valence-electron chi connectivity index (χ1n) is 11.7. The van der Waals surface area contributed by atoms with Gasteiger partial charge in [0.15, 0.2) is 11.5 Å². The smallest absolute Gasteiger partial charge is 0.322 e. The Morgan fingerprint density at radius 3 is 2.41 bits per heavy atom. The summed E-state index contributed by atoms with van der Waals surface area (Å²) in [6.45, 7) is 7.03. The van der Waals surface area contributed by atoms with E-state index in [2.05, 4.69) is 10.6 Å². The Bertz CT molecular complexity index is 1270. The summed E-state index contributed by atoms with van der Waals surface area (Å²) in [4.78, 5) is 44.1. The fourth-order valence-electron chi connectivity index (χ4n) is 5.08. The number of aryl methyl sites for hydroxylation is 1. The molecule has 0 bridgehead atoms. The number of benzene rings is 2. The van der Waals surface area contributed by atoms with Crippen LogP contribution in [0, 0.1) is 12.8 Å². The molecule has 4 amide bonds. The van der Waals surface area contributed by atoms with Crippen LogP contribution in [0.4, 0.5) is 4.79 Å². The third-order valence-electron chi connectivity index (χ3n) is 7.12. The van der Waals surface area contributed by atoms with Crippen molar-refractivity contribution in [2.75, 3.05) is 13.1 Å². The third-order valence-corrected chi connectivity index (χ3v) is 7.12. The highest BCUT2D eigenvalue weighted by atomic mass is 16.3. The van der Waals surface area contributed by atoms with Gasteiger partial charge in [-0.2, -0.15) is 0 Å². The fourth-order valence-corrected chi connectivity index (χ4v) is 5.08. The molecule has 2 aliphatic rings. The average molecular weight is 461 g/mol. The molecule has 1 aromatic heterocycles. The van der Waals surface area contributed by atoms with Gasteiger partial charge in [-0.25, -0.2) is 9.78 Å². The van der Waals surface area contributed by atoms with E-state index >= 15 is 0 Å². The van der Waals surface area contributed by atoms with Crippen molar-refractivity contribution in [2.24, 2.45) is 5.92 Å². The zero-order valence-corrected chi connectivity index (χ0v) is 19.6. The lowest BCUT2D eigenvalue weighted by molar-refractivity contribution is -0.125. The van der Waals surface area contributed by atoms with E-state index in [0.29, 0.717) is 24.2 Å². The minimum absolute atomic E-state index is 0.0445. The van der Waals surface area contributed by atoms with Crippen LogP contribution in [-0.4, -0.2) is 40.8 Å². The van der Waals surface area contributed by atoms with Crippen molar-refractivity contribution in [1.29, 1.82) is 0 Å². The maximum atomic E-state index is 13.1. The van der Waals surface area contributed by atoms with Crippen molar-refractivity contribution in [3.63, 3.8) is 0 Å². The standard InChI is InChI=1S/C26H28N4O4/c1-15(2)26(24(32)28-25(33)29-26)19-9-7-18(8-10-19)23(31)30-13-11-17(12-14-30)22-27-21-16(3)5-4-6-20(21)34-22/h4-10,15,17H,11-14H2,1-3H3,(H2,28,29,32,33)/t26-/m1/s1. The number of carbonyl (C=O) groups is 3. The molecule has 34 heavy (non-hydrogen) atoms. The monoisotopic (exact) mass is 460 g/mol. The Hall–Kier alpha value is -3.68. The number of oxazole rings is 1. The number of aromatic nitrogens is 1. The summed E-state index contributed by atoms with van der Waals surface area (Å²) in [6.07, 6.45) is 1.58. The average Bonchev–Trinajstić information content (AvgIpc) is 3.41. The molecule has 2 fully saturated rings. The minimum atomic E-state index is -1.13. The molecule has 0 saturated carbocycles. The normalized spacial score (nSPS) is 21.2. The molecule has 0 radical (unpaired) electrons. The number of hydrogen-bond acceptors (Lipinski definition) is 5. The van der Waals surface area contributed by atoms with Crippen LogP contribution in [0.25, 0.3) is 11.1 Å². The van der Waals surface area contributed by atoms with E-state index in [1.165, 1.54) is 0 Å². The highest BCUT2D eigenvalue weighted by Crippen LogP contribution is 2.34. The molecular formula is C26H28N4O4. The van der Waals surface area contributed by atoms with E-state index in [9.17, 15) is 14.4 Å². The highest BCUT2D eigenvalue weighted by molar-refractivity contribution is 6.07. The SMILES string of the molecule is Cc1cccc2oc(C3CCN(C(=O)c4ccc([C@@]5(C(C)C)NC(=O)NC5=O)cc4)CC3)nc12. The van der Waals surface area contributed by atoms with Gasteiger partial charge in [-0.1, -0.05) is 38.1 Å². The van der Waals surface area contributed by atoms with Crippen molar-refractivity contribution >= 4 is 28.9 Å². The van der Waals surface area contributed by atoms with Crippen LogP contribution in [-0.2, 0) is 10.3 Å². The molecule has 2 N–H and O–H groups in total. The van der Waals surface area contributed by atoms with Gasteiger partial charge in [-0.15, -0.1) is 0 Å². The molecule has 3 aromatic rings. The Morgan fingerprint density at radius 2 is 1.82 bits per heavy atom. The first-order chi connectivity index (χ1) is 16.3. The highest BCUT2D eigenvalue weighted by Gasteiger charge is 2.50. The van der Waals surface area contributed by atoms with Gasteiger partial charge in [0.05, 0.1) is 0 Å². The summed E-state index contributed by atoms with van der Waals surface area (Å²) in [5.74, 6) is 0.361. The van der Waals surface area contributed by atoms with Crippen molar-refractivity contribution in [1.82, 2.24) is 20.5 Å². The van der Waals surface area contributed by atoms with Gasteiger partial charge in [0.2, 0.25) is 0 Å². The number of hydrogen-bond donors (Lipinski definition) is 2. The van der Waals surface area contributed by atoms with Crippen LogP contribution in [0.2, 0.25) is 0 Å². The predicted octanol–water partition coefficient (Wildman–Crippen LogP) is 3.85. The van der Waals surface area contributed by atoms with Crippen LogP contribution < -0.4 is 10.6 Å². The second kappa shape index (κ2) is 8.27.